The third-order valence-corrected chi connectivity index (χ3v) is 5.71. The molecule has 29 heavy (non-hydrogen) atoms. The molecule has 1 heterocycles. The van der Waals surface area contributed by atoms with Crippen molar-refractivity contribution in [2.24, 2.45) is 5.92 Å². The van der Waals surface area contributed by atoms with Crippen LogP contribution >= 0.6 is 0 Å². The highest BCUT2D eigenvalue weighted by molar-refractivity contribution is 5.30. The number of phenols is 1. The van der Waals surface area contributed by atoms with E-state index < -0.39 is 0 Å². The van der Waals surface area contributed by atoms with Crippen molar-refractivity contribution in [1.29, 1.82) is 0 Å². The fourth-order valence-corrected chi connectivity index (χ4v) is 4.31. The maximum atomic E-state index is 9.81. The molecule has 3 nitrogen and oxygen atoms in total. The Labute approximate surface area is 178 Å². The third kappa shape index (κ3) is 9.01. The predicted octanol–water partition coefficient (Wildman–Crippen LogP) is 5.63. The molecule has 0 amide bonds. The molecule has 1 aliphatic rings. The van der Waals surface area contributed by atoms with Crippen LogP contribution in [0.3, 0.4) is 0 Å². The van der Waals surface area contributed by atoms with Crippen molar-refractivity contribution in [1.82, 2.24) is 9.80 Å². The first-order chi connectivity index (χ1) is 14.1. The summed E-state index contributed by atoms with van der Waals surface area (Å²) < 4.78 is 0. The van der Waals surface area contributed by atoms with Gasteiger partial charge >= 0.3 is 0 Å². The second kappa shape index (κ2) is 13.4. The van der Waals surface area contributed by atoms with E-state index in [1.165, 1.54) is 57.3 Å². The van der Waals surface area contributed by atoms with E-state index >= 15 is 0 Å². The summed E-state index contributed by atoms with van der Waals surface area (Å²) in [6, 6.07) is 19.9. The van der Waals surface area contributed by atoms with Crippen LogP contribution in [0.2, 0.25) is 0 Å². The SMILES string of the molecule is CCCCCCN1CCC(c2cccc(O)c2)C(CN(C)C)C1.c1ccccc1. The topological polar surface area (TPSA) is 26.7 Å². The van der Waals surface area contributed by atoms with E-state index in [1.54, 1.807) is 6.07 Å². The van der Waals surface area contributed by atoms with Gasteiger partial charge in [0.2, 0.25) is 0 Å². The normalized spacial score (nSPS) is 19.6. The van der Waals surface area contributed by atoms with Gasteiger partial charge in [-0.3, -0.25) is 0 Å². The van der Waals surface area contributed by atoms with Gasteiger partial charge in [0, 0.05) is 13.1 Å². The van der Waals surface area contributed by atoms with Gasteiger partial charge < -0.3 is 14.9 Å². The molecule has 1 saturated heterocycles. The lowest BCUT2D eigenvalue weighted by Gasteiger charge is -2.40. The van der Waals surface area contributed by atoms with Crippen LogP contribution in [0.15, 0.2) is 60.7 Å². The predicted molar refractivity (Wildman–Crippen MR) is 125 cm³/mol. The molecule has 2 atom stereocenters. The average Bonchev–Trinajstić information content (AvgIpc) is 2.73. The molecule has 160 valence electrons. The fraction of sp³-hybridized carbons (Fsp3) is 0.538. The highest BCUT2D eigenvalue weighted by Gasteiger charge is 2.30. The number of benzene rings is 2. The second-order valence-electron chi connectivity index (χ2n) is 8.53. The van der Waals surface area contributed by atoms with Gasteiger partial charge in [0.25, 0.3) is 0 Å². The number of hydrogen-bond donors (Lipinski definition) is 1. The molecular weight excluding hydrogens is 356 g/mol. The van der Waals surface area contributed by atoms with Crippen LogP contribution in [0.5, 0.6) is 5.75 Å². The molecule has 0 aromatic heterocycles. The van der Waals surface area contributed by atoms with E-state index in [0.29, 0.717) is 17.6 Å². The summed E-state index contributed by atoms with van der Waals surface area (Å²) in [6.07, 6.45) is 6.57. The monoisotopic (exact) mass is 396 g/mol. The van der Waals surface area contributed by atoms with Crippen LogP contribution in [0.4, 0.5) is 0 Å². The van der Waals surface area contributed by atoms with E-state index in [4.69, 9.17) is 0 Å². The van der Waals surface area contributed by atoms with Gasteiger partial charge in [-0.15, -0.1) is 0 Å². The summed E-state index contributed by atoms with van der Waals surface area (Å²) in [5, 5.41) is 9.81. The second-order valence-corrected chi connectivity index (χ2v) is 8.53. The van der Waals surface area contributed by atoms with E-state index in [9.17, 15) is 5.11 Å². The van der Waals surface area contributed by atoms with E-state index in [0.717, 1.165) is 6.54 Å². The number of rotatable bonds is 8. The summed E-state index contributed by atoms with van der Waals surface area (Å²) in [6.45, 7) is 7.01. The van der Waals surface area contributed by atoms with Crippen molar-refractivity contribution in [3.05, 3.63) is 66.2 Å². The molecule has 3 rings (SSSR count). The lowest BCUT2D eigenvalue weighted by molar-refractivity contribution is 0.129. The van der Waals surface area contributed by atoms with E-state index in [1.807, 2.05) is 48.5 Å². The molecule has 2 aromatic carbocycles. The summed E-state index contributed by atoms with van der Waals surface area (Å²) >= 11 is 0. The molecule has 2 aromatic rings. The van der Waals surface area contributed by atoms with Crippen LogP contribution < -0.4 is 0 Å². The van der Waals surface area contributed by atoms with Gasteiger partial charge in [0.15, 0.2) is 0 Å². The molecule has 0 aliphatic carbocycles. The Kier molecular flexibility index (Phi) is 10.8. The standard InChI is InChI=1S/C20H34N2O.C6H6/c1-4-5-6-7-12-22-13-11-20(18(16-22)15-21(2)3)17-9-8-10-19(23)14-17;1-2-4-6-5-3-1/h8-10,14,18,20,23H,4-7,11-13,15-16H2,1-3H3;1-6H. The number of hydrogen-bond acceptors (Lipinski definition) is 3. The fourth-order valence-electron chi connectivity index (χ4n) is 4.31. The lowest BCUT2D eigenvalue weighted by Crippen LogP contribution is -2.43. The van der Waals surface area contributed by atoms with Crippen molar-refractivity contribution < 1.29 is 5.11 Å². The quantitative estimate of drug-likeness (QED) is 0.586. The molecule has 3 heteroatoms. The Morgan fingerprint density at radius 1 is 0.966 bits per heavy atom. The van der Waals surface area contributed by atoms with Crippen LogP contribution in [-0.4, -0.2) is 55.2 Å². The molecular formula is C26H40N2O. The number of nitrogens with zero attached hydrogens (tertiary/aromatic N) is 2. The first-order valence-electron chi connectivity index (χ1n) is 11.3. The van der Waals surface area contributed by atoms with Crippen LogP contribution in [0, 0.1) is 5.92 Å². The third-order valence-electron chi connectivity index (χ3n) is 5.71. The Bertz CT molecular complexity index is 632. The first kappa shape index (κ1) is 23.4. The summed E-state index contributed by atoms with van der Waals surface area (Å²) in [5.74, 6) is 1.61. The summed E-state index contributed by atoms with van der Waals surface area (Å²) in [7, 11) is 4.33. The highest BCUT2D eigenvalue weighted by atomic mass is 16.3. The van der Waals surface area contributed by atoms with Crippen molar-refractivity contribution in [3.8, 4) is 5.75 Å². The van der Waals surface area contributed by atoms with Crippen molar-refractivity contribution in [2.45, 2.75) is 44.9 Å². The maximum absolute atomic E-state index is 9.81. The molecule has 0 radical (unpaired) electrons. The van der Waals surface area contributed by atoms with Crippen LogP contribution in [0.25, 0.3) is 0 Å². The lowest BCUT2D eigenvalue weighted by atomic mass is 9.80. The Morgan fingerprint density at radius 3 is 2.24 bits per heavy atom. The molecule has 1 N–H and O–H groups in total. The van der Waals surface area contributed by atoms with Gasteiger partial charge in [-0.1, -0.05) is 74.7 Å². The number of aromatic hydroxyl groups is 1. The van der Waals surface area contributed by atoms with Gasteiger partial charge in [-0.2, -0.15) is 0 Å². The highest BCUT2D eigenvalue weighted by Crippen LogP contribution is 2.34. The Balaban J connectivity index is 0.000000426. The molecule has 2 unspecified atom stereocenters. The largest absolute Gasteiger partial charge is 0.508 e. The number of likely N-dealkylation sites (tertiary alicyclic amines) is 1. The van der Waals surface area contributed by atoms with Crippen molar-refractivity contribution in [3.63, 3.8) is 0 Å². The number of piperidine rings is 1. The van der Waals surface area contributed by atoms with Gasteiger partial charge in [-0.25, -0.2) is 0 Å². The molecule has 0 saturated carbocycles. The van der Waals surface area contributed by atoms with Crippen molar-refractivity contribution in [2.75, 3.05) is 40.3 Å². The minimum atomic E-state index is 0.396. The van der Waals surface area contributed by atoms with Gasteiger partial charge in [0.1, 0.15) is 5.75 Å². The molecule has 1 aliphatic heterocycles. The number of phenolic OH excluding ortho intramolecular Hbond substituents is 1. The first-order valence-corrected chi connectivity index (χ1v) is 11.3. The molecule has 1 fully saturated rings. The number of unbranched alkanes of at least 4 members (excludes halogenated alkanes) is 3. The zero-order chi connectivity index (χ0) is 20.9. The maximum Gasteiger partial charge on any atom is 0.115 e. The van der Waals surface area contributed by atoms with Crippen LogP contribution in [0.1, 0.15) is 50.5 Å². The zero-order valence-electron chi connectivity index (χ0n) is 18.6. The smallest absolute Gasteiger partial charge is 0.115 e. The van der Waals surface area contributed by atoms with Gasteiger partial charge in [-0.05, 0) is 69.6 Å². The minimum Gasteiger partial charge on any atom is -0.508 e. The average molecular weight is 397 g/mol. The Hall–Kier alpha value is -1.84. The molecule has 0 spiro atoms. The summed E-state index contributed by atoms with van der Waals surface area (Å²) in [4.78, 5) is 4.96. The minimum absolute atomic E-state index is 0.396. The Morgan fingerprint density at radius 2 is 1.66 bits per heavy atom. The zero-order valence-corrected chi connectivity index (χ0v) is 18.6. The molecule has 0 bridgehead atoms. The van der Waals surface area contributed by atoms with E-state index in [2.05, 4.69) is 36.9 Å². The summed E-state index contributed by atoms with van der Waals surface area (Å²) in [5.41, 5.74) is 1.31. The van der Waals surface area contributed by atoms with E-state index in [-0.39, 0.29) is 0 Å². The van der Waals surface area contributed by atoms with Crippen LogP contribution in [-0.2, 0) is 0 Å². The van der Waals surface area contributed by atoms with Crippen molar-refractivity contribution >= 4 is 0 Å². The van der Waals surface area contributed by atoms with Gasteiger partial charge in [0.05, 0.1) is 0 Å².